The van der Waals surface area contributed by atoms with Gasteiger partial charge in [0.25, 0.3) is 0 Å². The molecule has 196 valence electrons. The number of furan rings is 2. The summed E-state index contributed by atoms with van der Waals surface area (Å²) >= 11 is 0. The first-order valence-corrected chi connectivity index (χ1v) is 12.3. The van der Waals surface area contributed by atoms with Crippen molar-refractivity contribution in [1.29, 1.82) is 0 Å². The average Bonchev–Trinajstić information content (AvgIpc) is 3.89. The summed E-state index contributed by atoms with van der Waals surface area (Å²) in [6.07, 6.45) is 0. The molecule has 0 unspecified atom stereocenters. The molecule has 0 radical (unpaired) electrons. The van der Waals surface area contributed by atoms with Crippen molar-refractivity contribution in [2.75, 3.05) is 0 Å². The third-order valence-electron chi connectivity index (χ3n) is 6.82. The van der Waals surface area contributed by atoms with E-state index in [4.69, 9.17) is 33.5 Å². The summed E-state index contributed by atoms with van der Waals surface area (Å²) in [7, 11) is 0. The van der Waals surface area contributed by atoms with E-state index in [9.17, 15) is 8.22 Å². The van der Waals surface area contributed by atoms with E-state index in [1.165, 1.54) is 0 Å². The molecule has 2 heteroatoms. The van der Waals surface area contributed by atoms with Crippen molar-refractivity contribution in [2.45, 2.75) is 0 Å². The molecule has 0 spiro atoms. The number of hydrogen-bond donors (Lipinski definition) is 0. The van der Waals surface area contributed by atoms with Crippen molar-refractivity contribution in [3.8, 4) is 33.6 Å². The van der Waals surface area contributed by atoms with Gasteiger partial charge in [0, 0.05) is 27.3 Å². The first-order chi connectivity index (χ1) is 30.8. The molecular weight excluding hydrogens is 512 g/mol. The molecule has 0 N–H and O–H groups in total. The Morgan fingerprint density at radius 3 is 1.40 bits per heavy atom. The summed E-state index contributed by atoms with van der Waals surface area (Å²) in [6, 6.07) is -21.0. The lowest BCUT2D eigenvalue weighted by atomic mass is 9.86. The third-order valence-corrected chi connectivity index (χ3v) is 6.82. The van der Waals surface area contributed by atoms with Crippen molar-refractivity contribution in [3.63, 3.8) is 0 Å². The van der Waals surface area contributed by atoms with Crippen LogP contribution in [0.25, 0.3) is 88.0 Å². The summed E-state index contributed by atoms with van der Waals surface area (Å²) in [5, 5.41) is -4.03. The number of hydrogen-bond acceptors (Lipinski definition) is 2. The first kappa shape index (κ1) is 9.75. The zero-order valence-corrected chi connectivity index (χ0v) is 20.8. The standard InChI is InChI=1S/C40H24O2/c1-3-13-25(14-4-1)37-28-18-7-9-20-30(28)39(31-21-10-8-19-29(31)37)40-38(26-15-5-2-6-16-26)33-24-35-32(23-36(33)42-40)27-17-11-12-22-34(27)41-35/h1-24H/i1D,2D,3D,4D,5D,6D,7D,8D,9D,10D,11D,12D,13D,14D,15D,16D,17D,18D,19D,20D,21D,22D,23D,24D. The Balaban J connectivity index is 1.68. The van der Waals surface area contributed by atoms with Gasteiger partial charge in [-0.05, 0) is 56.4 Å². The third kappa shape index (κ3) is 3.33. The summed E-state index contributed by atoms with van der Waals surface area (Å²) in [5.41, 5.74) is -5.15. The smallest absolute Gasteiger partial charge is 0.144 e. The predicted octanol–water partition coefficient (Wildman–Crippen LogP) is 11.6. The summed E-state index contributed by atoms with van der Waals surface area (Å²) in [4.78, 5) is 0. The van der Waals surface area contributed by atoms with E-state index in [0.29, 0.717) is 0 Å². The van der Waals surface area contributed by atoms with Crippen LogP contribution in [-0.2, 0) is 0 Å². The van der Waals surface area contributed by atoms with E-state index >= 15 is 0 Å². The Kier molecular flexibility index (Phi) is 2.08. The lowest BCUT2D eigenvalue weighted by Crippen LogP contribution is -1.91. The Morgan fingerprint density at radius 2 is 0.786 bits per heavy atom. The second-order valence-electron chi connectivity index (χ2n) is 9.02. The van der Waals surface area contributed by atoms with Crippen molar-refractivity contribution >= 4 is 54.5 Å². The molecule has 0 saturated heterocycles. The van der Waals surface area contributed by atoms with Gasteiger partial charge in [0.15, 0.2) is 0 Å². The number of benzene rings is 7. The van der Waals surface area contributed by atoms with Crippen LogP contribution in [0.5, 0.6) is 0 Å². The van der Waals surface area contributed by atoms with Gasteiger partial charge in [-0.2, -0.15) is 0 Å². The second kappa shape index (κ2) is 8.95. The lowest BCUT2D eigenvalue weighted by Gasteiger charge is -2.17. The first-order valence-electron chi connectivity index (χ1n) is 24.3. The predicted molar refractivity (Wildman–Crippen MR) is 175 cm³/mol. The molecule has 0 saturated carbocycles. The van der Waals surface area contributed by atoms with Gasteiger partial charge in [-0.1, -0.05) is 127 Å². The maximum Gasteiger partial charge on any atom is 0.144 e. The van der Waals surface area contributed by atoms with Crippen LogP contribution in [0.15, 0.2) is 154 Å². The maximum absolute atomic E-state index is 9.58. The van der Waals surface area contributed by atoms with E-state index in [2.05, 4.69) is 0 Å². The zero-order valence-electron chi connectivity index (χ0n) is 44.8. The van der Waals surface area contributed by atoms with Crippen LogP contribution in [0.3, 0.4) is 0 Å². The molecule has 42 heavy (non-hydrogen) atoms. The fraction of sp³-hybridized carbons (Fsp3) is 0. The number of para-hydroxylation sites is 1. The van der Waals surface area contributed by atoms with E-state index < -0.39 is 228 Å². The van der Waals surface area contributed by atoms with Crippen molar-refractivity contribution in [3.05, 3.63) is 145 Å². The topological polar surface area (TPSA) is 26.3 Å². The second-order valence-corrected chi connectivity index (χ2v) is 9.02. The Hall–Kier alpha value is -5.60. The number of rotatable bonds is 3. The molecule has 2 heterocycles. The highest BCUT2D eigenvalue weighted by Gasteiger charge is 2.25. The highest BCUT2D eigenvalue weighted by Crippen LogP contribution is 2.49. The van der Waals surface area contributed by atoms with Crippen LogP contribution >= 0.6 is 0 Å². The molecule has 0 fully saturated rings. The van der Waals surface area contributed by atoms with E-state index in [-0.39, 0.29) is 5.39 Å². The van der Waals surface area contributed by atoms with Crippen LogP contribution in [0, 0.1) is 0 Å². The van der Waals surface area contributed by atoms with Crippen LogP contribution in [0.2, 0.25) is 0 Å². The van der Waals surface area contributed by atoms with Crippen LogP contribution in [0.4, 0.5) is 0 Å². The van der Waals surface area contributed by atoms with Gasteiger partial charge in [-0.3, -0.25) is 0 Å². The molecule has 0 aliphatic heterocycles. The van der Waals surface area contributed by atoms with E-state index in [1.54, 1.807) is 0 Å². The largest absolute Gasteiger partial charge is 0.456 e. The summed E-state index contributed by atoms with van der Waals surface area (Å²) < 4.78 is 225. The minimum Gasteiger partial charge on any atom is -0.456 e. The molecule has 9 rings (SSSR count). The highest BCUT2D eigenvalue weighted by molar-refractivity contribution is 6.23. The molecule has 0 bridgehead atoms. The molecule has 0 aliphatic rings. The van der Waals surface area contributed by atoms with Crippen molar-refractivity contribution in [1.82, 2.24) is 0 Å². The van der Waals surface area contributed by atoms with Crippen molar-refractivity contribution < 1.29 is 41.7 Å². The van der Waals surface area contributed by atoms with Gasteiger partial charge in [-0.25, -0.2) is 0 Å². The molecule has 9 aromatic rings. The highest BCUT2D eigenvalue weighted by atomic mass is 16.3. The average molecular weight is 561 g/mol. The minimum atomic E-state index is -0.957. The zero-order chi connectivity index (χ0) is 48.5. The molecule has 0 amide bonds. The quantitative estimate of drug-likeness (QED) is 0.201. The summed E-state index contributed by atoms with van der Waals surface area (Å²) in [6.45, 7) is 0. The molecule has 2 nitrogen and oxygen atoms in total. The van der Waals surface area contributed by atoms with E-state index in [0.717, 1.165) is 0 Å². The van der Waals surface area contributed by atoms with Crippen LogP contribution < -0.4 is 0 Å². The minimum absolute atomic E-state index is 0.360. The molecule has 0 aliphatic carbocycles. The summed E-state index contributed by atoms with van der Waals surface area (Å²) in [5.74, 6) is -0.790. The van der Waals surface area contributed by atoms with Gasteiger partial charge >= 0.3 is 0 Å². The Labute approximate surface area is 275 Å². The SMILES string of the molecule is [2H]c1c([2H])c([2H])c(-c2c(-c3c4c([2H])c([2H])c([2H])c([2H])c4c(-c4c([2H])c([2H])c([2H])c([2H])c4[2H])c4c([2H])c([2H])c([2H])c([2H])c34)oc3c([2H])c4c(oc5c([2H])c([2H])c([2H])c([2H])c54)c([2H])c23)c([2H])c1[2H]. The van der Waals surface area contributed by atoms with Gasteiger partial charge in [0.2, 0.25) is 0 Å². The van der Waals surface area contributed by atoms with Crippen LogP contribution in [0.1, 0.15) is 32.9 Å². The molecule has 7 aromatic carbocycles. The monoisotopic (exact) mass is 560 g/mol. The van der Waals surface area contributed by atoms with Crippen LogP contribution in [-0.4, -0.2) is 0 Å². The fourth-order valence-corrected chi connectivity index (χ4v) is 5.16. The fourth-order valence-electron chi connectivity index (χ4n) is 5.16. The van der Waals surface area contributed by atoms with Crippen molar-refractivity contribution in [2.24, 2.45) is 0 Å². The molecule has 2 aromatic heterocycles. The Morgan fingerprint density at radius 1 is 0.333 bits per heavy atom. The normalized spacial score (nSPS) is 19.8. The lowest BCUT2D eigenvalue weighted by molar-refractivity contribution is 0.633. The maximum atomic E-state index is 9.58. The molecular formula is C40H24O2. The van der Waals surface area contributed by atoms with Gasteiger partial charge in [0.1, 0.15) is 22.5 Å². The number of fused-ring (bicyclic) bond motifs is 6. The van der Waals surface area contributed by atoms with Gasteiger partial charge in [-0.15, -0.1) is 0 Å². The van der Waals surface area contributed by atoms with Gasteiger partial charge in [0.05, 0.1) is 32.9 Å². The van der Waals surface area contributed by atoms with E-state index in [1.807, 2.05) is 0 Å². The Bertz CT molecular complexity index is 3670. The molecule has 0 atom stereocenters. The van der Waals surface area contributed by atoms with Gasteiger partial charge < -0.3 is 8.83 Å².